The van der Waals surface area contributed by atoms with Crippen molar-refractivity contribution < 1.29 is 9.47 Å². The lowest BCUT2D eigenvalue weighted by Crippen LogP contribution is -2.28. The highest BCUT2D eigenvalue weighted by Crippen LogP contribution is 2.36. The van der Waals surface area contributed by atoms with Gasteiger partial charge in [-0.3, -0.25) is 4.90 Å². The molecule has 25 heavy (non-hydrogen) atoms. The summed E-state index contributed by atoms with van der Waals surface area (Å²) in [5, 5.41) is 0. The first-order chi connectivity index (χ1) is 12.2. The molecular formula is C19H25N3O2S. The summed E-state index contributed by atoms with van der Waals surface area (Å²) in [7, 11) is 2.22. The van der Waals surface area contributed by atoms with Crippen LogP contribution in [-0.4, -0.2) is 48.3 Å². The van der Waals surface area contributed by atoms with E-state index in [2.05, 4.69) is 40.9 Å². The van der Waals surface area contributed by atoms with Gasteiger partial charge >= 0.3 is 0 Å². The molecule has 1 unspecified atom stereocenters. The number of ether oxygens (including phenoxy) is 2. The number of para-hydroxylation sites is 1. The molecule has 0 N–H and O–H groups in total. The van der Waals surface area contributed by atoms with Gasteiger partial charge in [0.25, 0.3) is 0 Å². The van der Waals surface area contributed by atoms with Gasteiger partial charge in [-0.05, 0) is 38.9 Å². The predicted molar refractivity (Wildman–Crippen MR) is 99.1 cm³/mol. The lowest BCUT2D eigenvalue weighted by molar-refractivity contribution is 0.172. The second-order valence-electron chi connectivity index (χ2n) is 7.10. The van der Waals surface area contributed by atoms with Gasteiger partial charge < -0.3 is 14.4 Å². The van der Waals surface area contributed by atoms with E-state index in [9.17, 15) is 0 Å². The van der Waals surface area contributed by atoms with Crippen molar-refractivity contribution in [3.05, 3.63) is 39.8 Å². The van der Waals surface area contributed by atoms with E-state index in [1.165, 1.54) is 22.6 Å². The van der Waals surface area contributed by atoms with Crippen molar-refractivity contribution in [2.75, 3.05) is 33.5 Å². The molecule has 1 atom stereocenters. The number of hydrogen-bond donors (Lipinski definition) is 0. The molecule has 1 fully saturated rings. The molecule has 3 heterocycles. The van der Waals surface area contributed by atoms with Crippen LogP contribution in [0.2, 0.25) is 0 Å². The summed E-state index contributed by atoms with van der Waals surface area (Å²) in [5.41, 5.74) is 4.36. The number of thiazole rings is 1. The Bertz CT molecular complexity index is 733. The fourth-order valence-corrected chi connectivity index (χ4v) is 4.65. The molecule has 0 radical (unpaired) electrons. The van der Waals surface area contributed by atoms with Crippen LogP contribution in [0.5, 0.6) is 11.5 Å². The smallest absolute Gasteiger partial charge is 0.231 e. The van der Waals surface area contributed by atoms with Crippen molar-refractivity contribution in [3.63, 3.8) is 0 Å². The first-order valence-corrected chi connectivity index (χ1v) is 9.74. The predicted octanol–water partition coefficient (Wildman–Crippen LogP) is 3.13. The largest absolute Gasteiger partial charge is 0.454 e. The zero-order valence-electron chi connectivity index (χ0n) is 14.9. The van der Waals surface area contributed by atoms with E-state index < -0.39 is 0 Å². The summed E-state index contributed by atoms with van der Waals surface area (Å²) >= 11 is 1.76. The Balaban J connectivity index is 1.30. The SMILES string of the molecule is Cc1ncsc1CN(C)CC1CCN(Cc2cccc3c2OCO3)C1. The summed E-state index contributed by atoms with van der Waals surface area (Å²) in [6.07, 6.45) is 1.26. The van der Waals surface area contributed by atoms with E-state index in [1.807, 2.05) is 11.6 Å². The van der Waals surface area contributed by atoms with Crippen LogP contribution in [0.25, 0.3) is 0 Å². The molecule has 1 aromatic heterocycles. The van der Waals surface area contributed by atoms with Crippen molar-refractivity contribution in [1.82, 2.24) is 14.8 Å². The Morgan fingerprint density at radius 2 is 2.28 bits per heavy atom. The highest BCUT2D eigenvalue weighted by molar-refractivity contribution is 7.09. The van der Waals surface area contributed by atoms with Gasteiger partial charge in [-0.1, -0.05) is 12.1 Å². The van der Waals surface area contributed by atoms with Gasteiger partial charge in [0.15, 0.2) is 11.5 Å². The summed E-state index contributed by atoms with van der Waals surface area (Å²) in [5.74, 6) is 2.55. The molecule has 2 aliphatic rings. The summed E-state index contributed by atoms with van der Waals surface area (Å²) < 4.78 is 11.1. The highest BCUT2D eigenvalue weighted by Gasteiger charge is 2.26. The first kappa shape index (κ1) is 16.8. The second kappa shape index (κ2) is 7.32. The standard InChI is InChI=1S/C19H25N3O2S/c1-14-18(25-12-20-14)11-21(2)8-15-6-7-22(9-15)10-16-4-3-5-17-19(16)24-13-23-17/h3-5,12,15H,6-11,13H2,1-2H3. The third-order valence-electron chi connectivity index (χ3n) is 5.07. The summed E-state index contributed by atoms with van der Waals surface area (Å²) in [4.78, 5) is 10.7. The quantitative estimate of drug-likeness (QED) is 0.792. The average molecular weight is 359 g/mol. The van der Waals surface area contributed by atoms with Crippen LogP contribution in [0, 0.1) is 12.8 Å². The molecule has 2 aromatic rings. The van der Waals surface area contributed by atoms with Gasteiger partial charge in [0.2, 0.25) is 6.79 Å². The maximum absolute atomic E-state index is 5.64. The molecule has 0 aliphatic carbocycles. The lowest BCUT2D eigenvalue weighted by atomic mass is 10.1. The molecule has 2 aliphatic heterocycles. The maximum atomic E-state index is 5.64. The number of aromatic nitrogens is 1. The third kappa shape index (κ3) is 3.81. The fraction of sp³-hybridized carbons (Fsp3) is 0.526. The highest BCUT2D eigenvalue weighted by atomic mass is 32.1. The Morgan fingerprint density at radius 3 is 3.12 bits per heavy atom. The monoisotopic (exact) mass is 359 g/mol. The van der Waals surface area contributed by atoms with Crippen molar-refractivity contribution >= 4 is 11.3 Å². The molecule has 134 valence electrons. The molecule has 0 amide bonds. The minimum Gasteiger partial charge on any atom is -0.454 e. The van der Waals surface area contributed by atoms with E-state index in [-0.39, 0.29) is 0 Å². The van der Waals surface area contributed by atoms with Crippen LogP contribution in [-0.2, 0) is 13.1 Å². The van der Waals surface area contributed by atoms with Crippen LogP contribution in [0.3, 0.4) is 0 Å². The number of benzene rings is 1. The van der Waals surface area contributed by atoms with E-state index in [1.54, 1.807) is 11.3 Å². The molecule has 1 saturated heterocycles. The fourth-order valence-electron chi connectivity index (χ4n) is 3.79. The number of likely N-dealkylation sites (tertiary alicyclic amines) is 1. The van der Waals surface area contributed by atoms with Gasteiger partial charge in [-0.25, -0.2) is 4.98 Å². The number of rotatable bonds is 6. The molecule has 0 saturated carbocycles. The number of aryl methyl sites for hydroxylation is 1. The Labute approximate surface area is 153 Å². The van der Waals surface area contributed by atoms with Crippen molar-refractivity contribution in [2.24, 2.45) is 5.92 Å². The van der Waals surface area contributed by atoms with E-state index in [0.29, 0.717) is 6.79 Å². The van der Waals surface area contributed by atoms with Crippen molar-refractivity contribution in [2.45, 2.75) is 26.4 Å². The maximum Gasteiger partial charge on any atom is 0.231 e. The topological polar surface area (TPSA) is 37.8 Å². The Kier molecular flexibility index (Phi) is 4.92. The summed E-state index contributed by atoms with van der Waals surface area (Å²) in [6.45, 7) is 7.84. The van der Waals surface area contributed by atoms with Crippen LogP contribution in [0.4, 0.5) is 0 Å². The normalized spacial score (nSPS) is 19.9. The zero-order valence-corrected chi connectivity index (χ0v) is 15.7. The molecule has 0 spiro atoms. The van der Waals surface area contributed by atoms with Gasteiger partial charge in [0, 0.05) is 36.6 Å². The number of nitrogens with zero attached hydrogens (tertiary/aromatic N) is 3. The van der Waals surface area contributed by atoms with Gasteiger partial charge in [0.1, 0.15) is 0 Å². The molecule has 4 rings (SSSR count). The van der Waals surface area contributed by atoms with Gasteiger partial charge in [-0.2, -0.15) is 0 Å². The van der Waals surface area contributed by atoms with E-state index >= 15 is 0 Å². The Hall–Kier alpha value is -1.63. The van der Waals surface area contributed by atoms with Gasteiger partial charge in [-0.15, -0.1) is 11.3 Å². The number of fused-ring (bicyclic) bond motifs is 1. The minimum absolute atomic E-state index is 0.344. The van der Waals surface area contributed by atoms with E-state index in [4.69, 9.17) is 9.47 Å². The molecule has 0 bridgehead atoms. The van der Waals surface area contributed by atoms with Crippen molar-refractivity contribution in [3.8, 4) is 11.5 Å². The average Bonchev–Trinajstić information content (AvgIpc) is 3.31. The molecular weight excluding hydrogens is 334 g/mol. The number of hydrogen-bond acceptors (Lipinski definition) is 6. The first-order valence-electron chi connectivity index (χ1n) is 8.86. The van der Waals surface area contributed by atoms with E-state index in [0.717, 1.165) is 50.1 Å². The van der Waals surface area contributed by atoms with Crippen LogP contribution >= 0.6 is 11.3 Å². The minimum atomic E-state index is 0.344. The second-order valence-corrected chi connectivity index (χ2v) is 8.04. The molecule has 6 heteroatoms. The van der Waals surface area contributed by atoms with Crippen LogP contribution in [0.1, 0.15) is 22.6 Å². The lowest BCUT2D eigenvalue weighted by Gasteiger charge is -2.21. The third-order valence-corrected chi connectivity index (χ3v) is 5.99. The van der Waals surface area contributed by atoms with Gasteiger partial charge in [0.05, 0.1) is 11.2 Å². The summed E-state index contributed by atoms with van der Waals surface area (Å²) in [6, 6.07) is 6.19. The molecule has 1 aromatic carbocycles. The van der Waals surface area contributed by atoms with Crippen molar-refractivity contribution in [1.29, 1.82) is 0 Å². The zero-order chi connectivity index (χ0) is 17.2. The molecule has 5 nitrogen and oxygen atoms in total. The van der Waals surface area contributed by atoms with Crippen LogP contribution < -0.4 is 9.47 Å². The van der Waals surface area contributed by atoms with Crippen LogP contribution in [0.15, 0.2) is 23.7 Å². The Morgan fingerprint density at radius 1 is 1.36 bits per heavy atom.